The van der Waals surface area contributed by atoms with Crippen LogP contribution in [-0.2, 0) is 9.09 Å². The number of piperidine rings is 1. The van der Waals surface area contributed by atoms with Crippen molar-refractivity contribution >= 4 is 13.4 Å². The van der Waals surface area contributed by atoms with E-state index in [-0.39, 0.29) is 28.8 Å². The molecule has 1 unspecified atom stereocenters. The van der Waals surface area contributed by atoms with E-state index in [2.05, 4.69) is 10.1 Å². The maximum atomic E-state index is 13.7. The number of hydrogen-bond donors (Lipinski definition) is 1. The molecule has 1 heterocycles. The molecule has 1 atom stereocenters. The predicted molar refractivity (Wildman–Crippen MR) is 139 cm³/mol. The second kappa shape index (κ2) is 11.6. The van der Waals surface area contributed by atoms with E-state index in [4.69, 9.17) is 4.52 Å². The second-order valence-electron chi connectivity index (χ2n) is 10.8. The number of halogens is 3. The summed E-state index contributed by atoms with van der Waals surface area (Å²) in [7, 11) is -3.00. The molecule has 37 heavy (non-hydrogen) atoms. The molecule has 0 aliphatic carbocycles. The van der Waals surface area contributed by atoms with Crippen LogP contribution in [0.3, 0.4) is 0 Å². The summed E-state index contributed by atoms with van der Waals surface area (Å²) in [6.45, 7) is 11.5. The zero-order valence-electron chi connectivity index (χ0n) is 22.0. The quantitative estimate of drug-likeness (QED) is 0.362. The predicted octanol–water partition coefficient (Wildman–Crippen LogP) is 7.11. The van der Waals surface area contributed by atoms with E-state index in [1.165, 1.54) is 18.2 Å². The highest BCUT2D eigenvalue weighted by Gasteiger charge is 2.39. The van der Waals surface area contributed by atoms with Crippen molar-refractivity contribution in [2.75, 3.05) is 19.7 Å². The van der Waals surface area contributed by atoms with Crippen molar-refractivity contribution in [1.82, 2.24) is 9.99 Å². The van der Waals surface area contributed by atoms with Gasteiger partial charge < -0.3 is 14.6 Å². The summed E-state index contributed by atoms with van der Waals surface area (Å²) in [5, 5.41) is 3.04. The van der Waals surface area contributed by atoms with Gasteiger partial charge in [-0.1, -0.05) is 58.9 Å². The van der Waals surface area contributed by atoms with Gasteiger partial charge in [-0.15, -0.1) is 13.2 Å². The normalized spacial score (nSPS) is 17.4. The number of nitrogens with zero attached hydrogens (tertiary/aromatic N) is 1. The molecule has 6 nitrogen and oxygen atoms in total. The number of rotatable bonds is 8. The minimum atomic E-state index is -4.78. The molecule has 1 amide bonds. The first-order valence-corrected chi connectivity index (χ1v) is 14.1. The molecule has 1 aliphatic heterocycles. The summed E-state index contributed by atoms with van der Waals surface area (Å²) in [5.74, 6) is -0.587. The monoisotopic (exact) mass is 540 g/mol. The van der Waals surface area contributed by atoms with E-state index in [1.54, 1.807) is 30.3 Å². The third kappa shape index (κ3) is 8.32. The molecule has 2 aromatic rings. The fourth-order valence-electron chi connectivity index (χ4n) is 4.11. The molecular formula is C27H36F3N2O4P. The summed E-state index contributed by atoms with van der Waals surface area (Å²) in [6.07, 6.45) is -3.51. The van der Waals surface area contributed by atoms with Crippen LogP contribution in [0.4, 0.5) is 13.2 Å². The lowest BCUT2D eigenvalue weighted by Gasteiger charge is -2.39. The average molecular weight is 541 g/mol. The second-order valence-corrected chi connectivity index (χ2v) is 13.8. The van der Waals surface area contributed by atoms with Crippen LogP contribution in [0, 0.1) is 5.41 Å². The number of benzene rings is 2. The Labute approximate surface area is 217 Å². The van der Waals surface area contributed by atoms with Gasteiger partial charge in [0, 0.05) is 30.4 Å². The van der Waals surface area contributed by atoms with E-state index in [0.717, 1.165) is 0 Å². The van der Waals surface area contributed by atoms with E-state index in [9.17, 15) is 22.5 Å². The Kier molecular flexibility index (Phi) is 9.14. The van der Waals surface area contributed by atoms with Crippen molar-refractivity contribution in [3.8, 4) is 16.9 Å². The lowest BCUT2D eigenvalue weighted by Crippen LogP contribution is -2.44. The largest absolute Gasteiger partial charge is 0.573 e. The molecule has 0 radical (unpaired) electrons. The first-order chi connectivity index (χ1) is 17.2. The molecule has 0 saturated carbocycles. The first-order valence-electron chi connectivity index (χ1n) is 12.4. The smallest absolute Gasteiger partial charge is 0.406 e. The van der Waals surface area contributed by atoms with Crippen LogP contribution in [-0.4, -0.2) is 48.3 Å². The Balaban J connectivity index is 1.63. The average Bonchev–Trinajstić information content (AvgIpc) is 2.81. The fraction of sp³-hybridized carbons (Fsp3) is 0.519. The van der Waals surface area contributed by atoms with Crippen LogP contribution >= 0.6 is 7.52 Å². The highest BCUT2D eigenvalue weighted by molar-refractivity contribution is 7.57. The fourth-order valence-corrected chi connectivity index (χ4v) is 6.59. The van der Waals surface area contributed by atoms with E-state index >= 15 is 0 Å². The van der Waals surface area contributed by atoms with Crippen LogP contribution in [0.25, 0.3) is 11.1 Å². The van der Waals surface area contributed by atoms with Crippen LogP contribution < -0.4 is 10.1 Å². The maximum Gasteiger partial charge on any atom is 0.573 e. The molecule has 0 bridgehead atoms. The molecule has 3 rings (SSSR count). The number of hydrogen-bond acceptors (Lipinski definition) is 4. The molecule has 0 spiro atoms. The van der Waals surface area contributed by atoms with Gasteiger partial charge in [0.2, 0.25) is 0 Å². The number of carbonyl (C=O) groups is 1. The van der Waals surface area contributed by atoms with Crippen molar-refractivity contribution in [3.05, 3.63) is 54.1 Å². The molecule has 1 N–H and O–H groups in total. The summed E-state index contributed by atoms with van der Waals surface area (Å²) >= 11 is 0. The molecule has 1 fully saturated rings. The topological polar surface area (TPSA) is 67.9 Å². The SMILES string of the molecule is CC(C)P(=O)(OCC(C)(C)C)N1CCC(NC(=O)c2cccc(-c3cccc(OC(F)(F)F)c3)c2)CC1. The molecule has 1 saturated heterocycles. The van der Waals surface area contributed by atoms with Gasteiger partial charge >= 0.3 is 6.36 Å². The Morgan fingerprint density at radius 2 is 1.65 bits per heavy atom. The zero-order valence-corrected chi connectivity index (χ0v) is 22.9. The number of amides is 1. The molecule has 2 aromatic carbocycles. The number of alkyl halides is 3. The highest BCUT2D eigenvalue weighted by Crippen LogP contribution is 2.56. The summed E-state index contributed by atoms with van der Waals surface area (Å²) in [5.41, 5.74) is 1.28. The summed E-state index contributed by atoms with van der Waals surface area (Å²) in [6, 6.07) is 12.3. The Hall–Kier alpha value is -2.35. The standard InChI is InChI=1S/C27H36F3N2O4P/c1-19(2)37(34,35-18-26(3,4)5)32-14-12-23(13-15-32)31-25(33)22-10-6-8-20(16-22)21-9-7-11-24(17-21)36-27(28,29)30/h6-11,16-17,19,23H,12-15,18H2,1-5H3,(H,31,33). The summed E-state index contributed by atoms with van der Waals surface area (Å²) in [4.78, 5) is 13.0. The lowest BCUT2D eigenvalue weighted by molar-refractivity contribution is -0.274. The van der Waals surface area contributed by atoms with Crippen molar-refractivity contribution in [3.63, 3.8) is 0 Å². The minimum Gasteiger partial charge on any atom is -0.406 e. The van der Waals surface area contributed by atoms with Gasteiger partial charge in [-0.3, -0.25) is 9.36 Å². The van der Waals surface area contributed by atoms with Crippen molar-refractivity contribution in [1.29, 1.82) is 0 Å². The molecule has 1 aliphatic rings. The molecule has 204 valence electrons. The molecule has 0 aromatic heterocycles. The van der Waals surface area contributed by atoms with Gasteiger partial charge in [-0.25, -0.2) is 4.67 Å². The Morgan fingerprint density at radius 1 is 1.05 bits per heavy atom. The van der Waals surface area contributed by atoms with Crippen LogP contribution in [0.1, 0.15) is 57.8 Å². The number of ether oxygens (including phenoxy) is 1. The Morgan fingerprint density at radius 3 is 2.22 bits per heavy atom. The van der Waals surface area contributed by atoms with Crippen LogP contribution in [0.15, 0.2) is 48.5 Å². The van der Waals surface area contributed by atoms with Crippen molar-refractivity contribution in [2.45, 2.75) is 65.5 Å². The Bertz CT molecular complexity index is 1120. The molecule has 10 heteroatoms. The van der Waals surface area contributed by atoms with Gasteiger partial charge in [-0.05, 0) is 53.6 Å². The molecular weight excluding hydrogens is 504 g/mol. The van der Waals surface area contributed by atoms with Crippen molar-refractivity contribution < 1.29 is 31.8 Å². The van der Waals surface area contributed by atoms with Gasteiger partial charge in [0.1, 0.15) is 5.75 Å². The van der Waals surface area contributed by atoms with Crippen molar-refractivity contribution in [2.24, 2.45) is 5.41 Å². The van der Waals surface area contributed by atoms with Gasteiger partial charge in [-0.2, -0.15) is 0 Å². The minimum absolute atomic E-state index is 0.0841. The van der Waals surface area contributed by atoms with E-state index in [1.807, 2.05) is 39.3 Å². The van der Waals surface area contributed by atoms with Gasteiger partial charge in [0.15, 0.2) is 0 Å². The highest BCUT2D eigenvalue weighted by atomic mass is 31.2. The third-order valence-electron chi connectivity index (χ3n) is 6.06. The van der Waals surface area contributed by atoms with Gasteiger partial charge in [0.25, 0.3) is 13.4 Å². The van der Waals surface area contributed by atoms with Gasteiger partial charge in [0.05, 0.1) is 6.61 Å². The zero-order chi connectivity index (χ0) is 27.4. The number of nitrogens with one attached hydrogen (secondary N) is 1. The van der Waals surface area contributed by atoms with E-state index in [0.29, 0.717) is 49.2 Å². The lowest BCUT2D eigenvalue weighted by atomic mass is 9.99. The first kappa shape index (κ1) is 29.2. The summed E-state index contributed by atoms with van der Waals surface area (Å²) < 4.78 is 63.4. The number of carbonyl (C=O) groups excluding carboxylic acids is 1. The van der Waals surface area contributed by atoms with E-state index < -0.39 is 13.9 Å². The maximum absolute atomic E-state index is 13.7. The third-order valence-corrected chi connectivity index (χ3v) is 9.05. The van der Waals surface area contributed by atoms with Crippen LogP contribution in [0.5, 0.6) is 5.75 Å². The van der Waals surface area contributed by atoms with Crippen LogP contribution in [0.2, 0.25) is 0 Å².